The zero-order chi connectivity index (χ0) is 18.6. The van der Waals surface area contributed by atoms with Gasteiger partial charge in [0.15, 0.2) is 0 Å². The van der Waals surface area contributed by atoms with Crippen LogP contribution in [0.5, 0.6) is 0 Å². The Labute approximate surface area is 157 Å². The summed E-state index contributed by atoms with van der Waals surface area (Å²) in [5, 5.41) is 0. The Balaban J connectivity index is 3.22. The molecule has 0 unspecified atom stereocenters. The van der Waals surface area contributed by atoms with Crippen LogP contribution < -0.4 is 0 Å². The van der Waals surface area contributed by atoms with E-state index in [1.807, 2.05) is 0 Å². The van der Waals surface area contributed by atoms with Gasteiger partial charge in [-0.1, -0.05) is 82.6 Å². The van der Waals surface area contributed by atoms with E-state index >= 15 is 0 Å². The molecule has 0 saturated carbocycles. The third kappa shape index (κ3) is 23.4. The second-order valence-corrected chi connectivity index (χ2v) is 8.46. The SMILES string of the molecule is CCCCCCCC=CCC=CCCCCCCCCOS(C)(=O)=O. The first-order chi connectivity index (χ1) is 12.1. The summed E-state index contributed by atoms with van der Waals surface area (Å²) < 4.78 is 26.3. The van der Waals surface area contributed by atoms with E-state index in [0.29, 0.717) is 6.61 Å². The summed E-state index contributed by atoms with van der Waals surface area (Å²) in [4.78, 5) is 0. The van der Waals surface area contributed by atoms with E-state index in [-0.39, 0.29) is 0 Å². The van der Waals surface area contributed by atoms with Gasteiger partial charge in [0.25, 0.3) is 10.1 Å². The zero-order valence-electron chi connectivity index (χ0n) is 16.5. The fourth-order valence-corrected chi connectivity index (χ4v) is 3.07. The number of rotatable bonds is 18. The van der Waals surface area contributed by atoms with Crippen LogP contribution in [0.1, 0.15) is 96.8 Å². The maximum atomic E-state index is 10.8. The quantitative estimate of drug-likeness (QED) is 0.155. The van der Waals surface area contributed by atoms with Crippen LogP contribution >= 0.6 is 0 Å². The van der Waals surface area contributed by atoms with Crippen LogP contribution in [0.25, 0.3) is 0 Å². The maximum Gasteiger partial charge on any atom is 0.264 e. The molecule has 0 aliphatic carbocycles. The molecule has 0 bridgehead atoms. The molecule has 0 rings (SSSR count). The highest BCUT2D eigenvalue weighted by Gasteiger charge is 2.00. The molecule has 0 spiro atoms. The zero-order valence-corrected chi connectivity index (χ0v) is 17.4. The van der Waals surface area contributed by atoms with Crippen molar-refractivity contribution in [3.8, 4) is 0 Å². The van der Waals surface area contributed by atoms with Gasteiger partial charge in [0.05, 0.1) is 12.9 Å². The fraction of sp³-hybridized carbons (Fsp3) is 0.810. The maximum absolute atomic E-state index is 10.8. The average Bonchev–Trinajstić information content (AvgIpc) is 2.56. The molecule has 0 aromatic rings. The van der Waals surface area contributed by atoms with Gasteiger partial charge in [-0.2, -0.15) is 8.42 Å². The molecule has 0 aliphatic heterocycles. The standard InChI is InChI=1S/C21H40O3S/c1-3-4-5-6-7-8-9-10-11-12-13-14-15-16-17-18-19-20-21-24-25(2,22)23/h9-10,12-13H,3-8,11,14-21H2,1-2H3. The lowest BCUT2D eigenvalue weighted by atomic mass is 10.1. The number of hydrogen-bond acceptors (Lipinski definition) is 3. The number of allylic oxidation sites excluding steroid dienone is 4. The molecule has 0 aromatic carbocycles. The van der Waals surface area contributed by atoms with Gasteiger partial charge in [0, 0.05) is 0 Å². The highest BCUT2D eigenvalue weighted by Crippen LogP contribution is 2.09. The van der Waals surface area contributed by atoms with Crippen molar-refractivity contribution < 1.29 is 12.6 Å². The smallest absolute Gasteiger partial charge is 0.264 e. The molecule has 3 nitrogen and oxygen atoms in total. The molecule has 25 heavy (non-hydrogen) atoms. The van der Waals surface area contributed by atoms with Crippen molar-refractivity contribution in [2.45, 2.75) is 96.8 Å². The molecular weight excluding hydrogens is 332 g/mol. The van der Waals surface area contributed by atoms with Crippen molar-refractivity contribution in [3.63, 3.8) is 0 Å². The van der Waals surface area contributed by atoms with Gasteiger partial charge in [-0.25, -0.2) is 0 Å². The summed E-state index contributed by atoms with van der Waals surface area (Å²) in [6, 6.07) is 0. The summed E-state index contributed by atoms with van der Waals surface area (Å²) in [5.41, 5.74) is 0. The van der Waals surface area contributed by atoms with E-state index in [2.05, 4.69) is 31.2 Å². The third-order valence-electron chi connectivity index (χ3n) is 4.14. The summed E-state index contributed by atoms with van der Waals surface area (Å²) >= 11 is 0. The fourth-order valence-electron chi connectivity index (χ4n) is 2.65. The van der Waals surface area contributed by atoms with Crippen LogP contribution in [-0.4, -0.2) is 21.3 Å². The Kier molecular flexibility index (Phi) is 17.7. The summed E-state index contributed by atoms with van der Waals surface area (Å²) in [6.45, 7) is 2.58. The highest BCUT2D eigenvalue weighted by molar-refractivity contribution is 7.85. The molecule has 148 valence electrons. The molecule has 0 amide bonds. The molecule has 0 saturated heterocycles. The average molecular weight is 373 g/mol. The first-order valence-corrected chi connectivity index (χ1v) is 12.0. The lowest BCUT2D eigenvalue weighted by molar-refractivity contribution is 0.309. The van der Waals surface area contributed by atoms with E-state index in [0.717, 1.165) is 31.9 Å². The molecule has 0 radical (unpaired) electrons. The Bertz CT molecular complexity index is 424. The van der Waals surface area contributed by atoms with Crippen molar-refractivity contribution in [2.75, 3.05) is 12.9 Å². The van der Waals surface area contributed by atoms with Gasteiger partial charge >= 0.3 is 0 Å². The van der Waals surface area contributed by atoms with Gasteiger partial charge in [-0.05, 0) is 38.5 Å². The Hall–Kier alpha value is -0.610. The third-order valence-corrected chi connectivity index (χ3v) is 4.74. The normalized spacial score (nSPS) is 12.6. The highest BCUT2D eigenvalue weighted by atomic mass is 32.2. The van der Waals surface area contributed by atoms with E-state index in [1.54, 1.807) is 0 Å². The van der Waals surface area contributed by atoms with Gasteiger partial charge in [-0.3, -0.25) is 4.18 Å². The first-order valence-electron chi connectivity index (χ1n) is 10.2. The van der Waals surface area contributed by atoms with Gasteiger partial charge < -0.3 is 0 Å². The van der Waals surface area contributed by atoms with Gasteiger partial charge in [0.1, 0.15) is 0 Å². The summed E-state index contributed by atoms with van der Waals surface area (Å²) in [7, 11) is -3.26. The van der Waals surface area contributed by atoms with E-state index in [1.165, 1.54) is 64.2 Å². The van der Waals surface area contributed by atoms with Gasteiger partial charge in [0.2, 0.25) is 0 Å². The second-order valence-electron chi connectivity index (χ2n) is 6.82. The van der Waals surface area contributed by atoms with E-state index < -0.39 is 10.1 Å². The minimum atomic E-state index is -3.26. The second kappa shape index (κ2) is 18.2. The van der Waals surface area contributed by atoms with Crippen LogP contribution in [0, 0.1) is 0 Å². The van der Waals surface area contributed by atoms with Crippen molar-refractivity contribution in [3.05, 3.63) is 24.3 Å². The van der Waals surface area contributed by atoms with Crippen molar-refractivity contribution in [2.24, 2.45) is 0 Å². The Morgan fingerprint density at radius 2 is 1.16 bits per heavy atom. The topological polar surface area (TPSA) is 43.4 Å². The van der Waals surface area contributed by atoms with Crippen molar-refractivity contribution in [1.82, 2.24) is 0 Å². The molecular formula is C21H40O3S. The van der Waals surface area contributed by atoms with Crippen LogP contribution in [-0.2, 0) is 14.3 Å². The van der Waals surface area contributed by atoms with Gasteiger partial charge in [-0.15, -0.1) is 0 Å². The molecule has 0 fully saturated rings. The largest absolute Gasteiger partial charge is 0.270 e. The lowest BCUT2D eigenvalue weighted by Crippen LogP contribution is -2.03. The molecule has 0 atom stereocenters. The molecule has 4 heteroatoms. The molecule has 0 heterocycles. The summed E-state index contributed by atoms with van der Waals surface area (Å²) in [6.07, 6.45) is 27.3. The predicted molar refractivity (Wildman–Crippen MR) is 109 cm³/mol. The molecule has 0 aliphatic rings. The Morgan fingerprint density at radius 1 is 0.680 bits per heavy atom. The predicted octanol–water partition coefficient (Wildman–Crippen LogP) is 6.56. The van der Waals surface area contributed by atoms with Crippen LogP contribution in [0.15, 0.2) is 24.3 Å². The molecule has 0 aromatic heterocycles. The minimum absolute atomic E-state index is 0.327. The molecule has 0 N–H and O–H groups in total. The van der Waals surface area contributed by atoms with Crippen molar-refractivity contribution >= 4 is 10.1 Å². The van der Waals surface area contributed by atoms with E-state index in [4.69, 9.17) is 4.18 Å². The number of hydrogen-bond donors (Lipinski definition) is 0. The van der Waals surface area contributed by atoms with Crippen LogP contribution in [0.4, 0.5) is 0 Å². The monoisotopic (exact) mass is 372 g/mol. The van der Waals surface area contributed by atoms with Crippen LogP contribution in [0.3, 0.4) is 0 Å². The number of unbranched alkanes of at least 4 members (excludes halogenated alkanes) is 11. The lowest BCUT2D eigenvalue weighted by Gasteiger charge is -2.01. The summed E-state index contributed by atoms with van der Waals surface area (Å²) in [5.74, 6) is 0. The minimum Gasteiger partial charge on any atom is -0.270 e. The van der Waals surface area contributed by atoms with E-state index in [9.17, 15) is 8.42 Å². The Morgan fingerprint density at radius 3 is 1.68 bits per heavy atom. The van der Waals surface area contributed by atoms with Crippen molar-refractivity contribution in [1.29, 1.82) is 0 Å². The first kappa shape index (κ1) is 24.4. The van der Waals surface area contributed by atoms with Crippen LogP contribution in [0.2, 0.25) is 0 Å².